The first-order valence-corrected chi connectivity index (χ1v) is 17.4. The van der Waals surface area contributed by atoms with Crippen LogP contribution in [0.15, 0.2) is 119 Å². The second-order valence-electron chi connectivity index (χ2n) is 11.0. The van der Waals surface area contributed by atoms with E-state index in [-0.39, 0.29) is 29.8 Å². The Morgan fingerprint density at radius 3 is 2.02 bits per heavy atom. The predicted molar refractivity (Wildman–Crippen MR) is 183 cm³/mol. The first kappa shape index (κ1) is 33.9. The third kappa shape index (κ3) is 8.83. The molecule has 1 N–H and O–H groups in total. The van der Waals surface area contributed by atoms with Crippen molar-refractivity contribution in [3.63, 3.8) is 0 Å². The molecule has 0 saturated carbocycles. The molecular weight excluding hydrogens is 650 g/mol. The Morgan fingerprint density at radius 1 is 0.800 bits per heavy atom. The Labute approximate surface area is 275 Å². The molecule has 0 radical (unpaired) electrons. The number of para-hydroxylation sites is 1. The monoisotopic (exact) mass is 689 g/mol. The van der Waals surface area contributed by atoms with E-state index in [0.29, 0.717) is 12.1 Å². The van der Waals surface area contributed by atoms with Crippen LogP contribution in [0.3, 0.4) is 0 Å². The zero-order valence-corrected chi connectivity index (χ0v) is 28.3. The fourth-order valence-electron chi connectivity index (χ4n) is 5.07. The van der Waals surface area contributed by atoms with Crippen LogP contribution in [0.5, 0.6) is 0 Å². The minimum Gasteiger partial charge on any atom is -0.352 e. The maximum absolute atomic E-state index is 14.6. The lowest BCUT2D eigenvalue weighted by atomic mass is 10.0. The van der Waals surface area contributed by atoms with E-state index in [4.69, 9.17) is 0 Å². The number of amides is 2. The predicted octanol–water partition coefficient (Wildman–Crippen LogP) is 6.76. The molecule has 4 rings (SSSR count). The van der Waals surface area contributed by atoms with Crippen molar-refractivity contribution in [2.24, 2.45) is 0 Å². The maximum Gasteiger partial charge on any atom is 0.264 e. The highest BCUT2D eigenvalue weighted by molar-refractivity contribution is 9.10. The number of aryl methyl sites for hydroxylation is 1. The van der Waals surface area contributed by atoms with Crippen molar-refractivity contribution >= 4 is 43.5 Å². The van der Waals surface area contributed by atoms with Gasteiger partial charge in [0.25, 0.3) is 10.0 Å². The summed E-state index contributed by atoms with van der Waals surface area (Å²) in [6.45, 7) is 5.50. The average Bonchev–Trinajstić information content (AvgIpc) is 3.06. The number of carbonyl (C=O) groups excluding carboxylic acids is 2. The van der Waals surface area contributed by atoms with E-state index in [0.717, 1.165) is 27.6 Å². The number of benzene rings is 4. The van der Waals surface area contributed by atoms with Crippen LogP contribution in [-0.4, -0.2) is 43.8 Å². The molecule has 0 heterocycles. The van der Waals surface area contributed by atoms with Crippen LogP contribution in [0.2, 0.25) is 0 Å². The molecule has 0 aliphatic carbocycles. The number of hydrogen-bond acceptors (Lipinski definition) is 4. The first-order chi connectivity index (χ1) is 21.6. The van der Waals surface area contributed by atoms with Crippen LogP contribution >= 0.6 is 15.9 Å². The number of hydrogen-bond donors (Lipinski definition) is 1. The molecule has 7 nitrogen and oxygen atoms in total. The maximum atomic E-state index is 14.6. The Kier molecular flexibility index (Phi) is 12.0. The fourth-order valence-corrected chi connectivity index (χ4v) is 6.81. The van der Waals surface area contributed by atoms with E-state index in [1.54, 1.807) is 30.3 Å². The molecule has 0 saturated heterocycles. The van der Waals surface area contributed by atoms with Gasteiger partial charge in [-0.2, -0.15) is 0 Å². The second kappa shape index (κ2) is 15.9. The van der Waals surface area contributed by atoms with E-state index >= 15 is 0 Å². The Morgan fingerprint density at radius 2 is 1.40 bits per heavy atom. The van der Waals surface area contributed by atoms with Gasteiger partial charge in [-0.25, -0.2) is 8.42 Å². The lowest BCUT2D eigenvalue weighted by Crippen LogP contribution is -2.54. The van der Waals surface area contributed by atoms with Gasteiger partial charge in [-0.05, 0) is 66.8 Å². The second-order valence-corrected chi connectivity index (χ2v) is 13.8. The van der Waals surface area contributed by atoms with Gasteiger partial charge in [-0.15, -0.1) is 0 Å². The molecule has 9 heteroatoms. The van der Waals surface area contributed by atoms with Gasteiger partial charge < -0.3 is 10.2 Å². The number of nitrogens with zero attached hydrogens (tertiary/aromatic N) is 2. The van der Waals surface area contributed by atoms with Gasteiger partial charge in [0.05, 0.1) is 10.6 Å². The van der Waals surface area contributed by atoms with Crippen LogP contribution in [0.1, 0.15) is 43.9 Å². The zero-order valence-electron chi connectivity index (χ0n) is 25.9. The summed E-state index contributed by atoms with van der Waals surface area (Å²) in [7, 11) is -4.14. The molecule has 0 fully saturated rings. The quantitative estimate of drug-likeness (QED) is 0.159. The topological polar surface area (TPSA) is 86.8 Å². The van der Waals surface area contributed by atoms with Crippen LogP contribution in [0, 0.1) is 0 Å². The van der Waals surface area contributed by atoms with E-state index in [1.165, 1.54) is 21.3 Å². The van der Waals surface area contributed by atoms with Gasteiger partial charge in [-0.3, -0.25) is 13.9 Å². The number of anilines is 1. The number of nitrogens with one attached hydrogen (secondary N) is 1. The normalized spacial score (nSPS) is 12.6. The van der Waals surface area contributed by atoms with Crippen molar-refractivity contribution in [3.05, 3.63) is 130 Å². The zero-order chi connectivity index (χ0) is 32.4. The third-order valence-corrected chi connectivity index (χ3v) is 10.1. The molecule has 4 aromatic carbocycles. The minimum atomic E-state index is -4.14. The number of sulfonamides is 1. The minimum absolute atomic E-state index is 0.0820. The highest BCUT2D eigenvalue weighted by Crippen LogP contribution is 2.28. The molecule has 2 amide bonds. The Hall–Kier alpha value is -3.95. The average molecular weight is 691 g/mol. The van der Waals surface area contributed by atoms with Gasteiger partial charge >= 0.3 is 0 Å². The molecule has 0 spiro atoms. The van der Waals surface area contributed by atoms with Crippen LogP contribution in [0.25, 0.3) is 0 Å². The van der Waals surface area contributed by atoms with Crippen molar-refractivity contribution in [2.45, 2.75) is 63.6 Å². The molecule has 0 unspecified atom stereocenters. The molecule has 236 valence electrons. The summed E-state index contributed by atoms with van der Waals surface area (Å²) in [5.41, 5.74) is 2.93. The highest BCUT2D eigenvalue weighted by atomic mass is 79.9. The molecule has 0 aliphatic heterocycles. The number of halogens is 1. The van der Waals surface area contributed by atoms with Gasteiger partial charge in [0, 0.05) is 23.5 Å². The summed E-state index contributed by atoms with van der Waals surface area (Å²) < 4.78 is 30.5. The SMILES string of the molecule is CCc1ccccc1N(CC(=O)N(Cc1ccc(Br)cc1)[C@H](Cc1ccccc1)C(=O)N[C@H](C)CC)S(=O)(=O)c1ccccc1. The lowest BCUT2D eigenvalue weighted by molar-refractivity contribution is -0.140. The van der Waals surface area contributed by atoms with E-state index in [1.807, 2.05) is 87.5 Å². The number of carbonyl (C=O) groups is 2. The van der Waals surface area contributed by atoms with Crippen molar-refractivity contribution in [1.29, 1.82) is 0 Å². The van der Waals surface area contributed by atoms with Crippen LogP contribution in [-0.2, 0) is 39.0 Å². The third-order valence-electron chi connectivity index (χ3n) is 7.79. The smallest absolute Gasteiger partial charge is 0.264 e. The summed E-state index contributed by atoms with van der Waals surface area (Å²) in [6, 6.07) is 31.4. The Bertz CT molecular complexity index is 1670. The standard InChI is InChI=1S/C36H40BrN3O4S/c1-4-27(3)38-36(42)34(24-28-14-8-6-9-15-28)39(25-29-20-22-31(37)23-21-29)35(41)26-40(33-19-13-12-16-30(33)5-2)45(43,44)32-17-10-7-11-18-32/h6-23,27,34H,4-5,24-26H2,1-3H3,(H,38,42)/t27-,34-/m1/s1. The van der Waals surface area contributed by atoms with Gasteiger partial charge in [0.2, 0.25) is 11.8 Å². The first-order valence-electron chi connectivity index (χ1n) is 15.2. The molecule has 0 bridgehead atoms. The molecule has 45 heavy (non-hydrogen) atoms. The van der Waals surface area contributed by atoms with E-state index in [2.05, 4.69) is 21.2 Å². The van der Waals surface area contributed by atoms with Crippen LogP contribution in [0.4, 0.5) is 5.69 Å². The Balaban J connectivity index is 1.82. The molecule has 2 atom stereocenters. The lowest BCUT2D eigenvalue weighted by Gasteiger charge is -2.34. The van der Waals surface area contributed by atoms with Crippen molar-refractivity contribution in [2.75, 3.05) is 10.8 Å². The van der Waals surface area contributed by atoms with Crippen molar-refractivity contribution in [3.8, 4) is 0 Å². The van der Waals surface area contributed by atoms with Crippen molar-refractivity contribution in [1.82, 2.24) is 10.2 Å². The summed E-state index contributed by atoms with van der Waals surface area (Å²) >= 11 is 3.47. The molecular formula is C36H40BrN3O4S. The summed E-state index contributed by atoms with van der Waals surface area (Å²) in [6.07, 6.45) is 1.56. The molecule has 0 aliphatic rings. The summed E-state index contributed by atoms with van der Waals surface area (Å²) in [5.74, 6) is -0.770. The van der Waals surface area contributed by atoms with E-state index in [9.17, 15) is 18.0 Å². The highest BCUT2D eigenvalue weighted by Gasteiger charge is 2.35. The number of rotatable bonds is 14. The molecule has 4 aromatic rings. The summed E-state index contributed by atoms with van der Waals surface area (Å²) in [5, 5.41) is 3.07. The van der Waals surface area contributed by atoms with Gasteiger partial charge in [-0.1, -0.05) is 109 Å². The molecule has 0 aromatic heterocycles. The van der Waals surface area contributed by atoms with Gasteiger partial charge in [0.15, 0.2) is 0 Å². The van der Waals surface area contributed by atoms with Crippen LogP contribution < -0.4 is 9.62 Å². The van der Waals surface area contributed by atoms with E-state index < -0.39 is 28.5 Å². The summed E-state index contributed by atoms with van der Waals surface area (Å²) in [4.78, 5) is 30.1. The van der Waals surface area contributed by atoms with Gasteiger partial charge in [0.1, 0.15) is 12.6 Å². The van der Waals surface area contributed by atoms with Crippen molar-refractivity contribution < 1.29 is 18.0 Å². The largest absolute Gasteiger partial charge is 0.352 e. The fraction of sp³-hybridized carbons (Fsp3) is 0.278.